The topological polar surface area (TPSA) is 63.6 Å². The minimum atomic E-state index is -0.973. The Balaban J connectivity index is 2.31. The van der Waals surface area contributed by atoms with E-state index in [0.717, 1.165) is 0 Å². The maximum absolute atomic E-state index is 11.1. The smallest absolute Gasteiger partial charge is 0.348 e. The van der Waals surface area contributed by atoms with Crippen LogP contribution in [0.1, 0.15) is 16.1 Å². The van der Waals surface area contributed by atoms with Gasteiger partial charge in [0.1, 0.15) is 11.5 Å². The van der Waals surface area contributed by atoms with Gasteiger partial charge in [-0.15, -0.1) is 11.3 Å². The SMILES string of the molecule is O=C(O)CCOC(=O)c1cccs1. The van der Waals surface area contributed by atoms with Gasteiger partial charge >= 0.3 is 11.9 Å². The van der Waals surface area contributed by atoms with Crippen LogP contribution < -0.4 is 0 Å². The standard InChI is InChI=1S/C8H8O4S/c9-7(10)3-4-12-8(11)6-2-1-5-13-6/h1-2,5H,3-4H2,(H,9,10). The van der Waals surface area contributed by atoms with Crippen LogP contribution in [0.4, 0.5) is 0 Å². The van der Waals surface area contributed by atoms with Crippen LogP contribution in [-0.2, 0) is 9.53 Å². The first kappa shape index (κ1) is 9.73. The molecule has 1 N–H and O–H groups in total. The summed E-state index contributed by atoms with van der Waals surface area (Å²) in [5, 5.41) is 10.0. The summed E-state index contributed by atoms with van der Waals surface area (Å²) in [6, 6.07) is 3.37. The zero-order valence-corrected chi connectivity index (χ0v) is 7.54. The number of carboxylic acids is 1. The fraction of sp³-hybridized carbons (Fsp3) is 0.250. The van der Waals surface area contributed by atoms with E-state index >= 15 is 0 Å². The van der Waals surface area contributed by atoms with Crippen molar-refractivity contribution in [2.75, 3.05) is 6.61 Å². The first-order valence-electron chi connectivity index (χ1n) is 3.62. The van der Waals surface area contributed by atoms with Gasteiger partial charge in [0, 0.05) is 0 Å². The first-order chi connectivity index (χ1) is 6.20. The third kappa shape index (κ3) is 3.25. The highest BCUT2D eigenvalue weighted by molar-refractivity contribution is 7.11. The van der Waals surface area contributed by atoms with Gasteiger partial charge in [0.25, 0.3) is 0 Å². The van der Waals surface area contributed by atoms with Gasteiger partial charge in [0.2, 0.25) is 0 Å². The zero-order chi connectivity index (χ0) is 9.68. The molecule has 0 saturated heterocycles. The number of rotatable bonds is 4. The average molecular weight is 200 g/mol. The first-order valence-corrected chi connectivity index (χ1v) is 4.50. The summed E-state index contributed by atoms with van der Waals surface area (Å²) >= 11 is 1.27. The van der Waals surface area contributed by atoms with Crippen molar-refractivity contribution >= 4 is 23.3 Å². The van der Waals surface area contributed by atoms with Crippen LogP contribution in [0.5, 0.6) is 0 Å². The molecule has 0 spiro atoms. The van der Waals surface area contributed by atoms with Gasteiger partial charge in [-0.2, -0.15) is 0 Å². The molecule has 0 aromatic carbocycles. The lowest BCUT2D eigenvalue weighted by atomic mass is 10.4. The fourth-order valence-corrected chi connectivity index (χ4v) is 1.31. The lowest BCUT2D eigenvalue weighted by molar-refractivity contribution is -0.137. The summed E-state index contributed by atoms with van der Waals surface area (Å²) in [6.45, 7) is -0.0773. The largest absolute Gasteiger partial charge is 0.481 e. The number of carbonyl (C=O) groups is 2. The fourth-order valence-electron chi connectivity index (χ4n) is 0.697. The number of esters is 1. The predicted octanol–water partition coefficient (Wildman–Crippen LogP) is 1.38. The quantitative estimate of drug-likeness (QED) is 0.746. The van der Waals surface area contributed by atoms with Crippen LogP contribution >= 0.6 is 11.3 Å². The van der Waals surface area contributed by atoms with Crippen molar-refractivity contribution in [2.45, 2.75) is 6.42 Å². The summed E-state index contributed by atoms with van der Waals surface area (Å²) < 4.78 is 4.69. The molecular formula is C8H8O4S. The van der Waals surface area contributed by atoms with E-state index in [1.165, 1.54) is 11.3 Å². The molecule has 0 amide bonds. The summed E-state index contributed by atoms with van der Waals surface area (Å²) in [4.78, 5) is 21.7. The molecule has 0 aliphatic rings. The summed E-state index contributed by atoms with van der Waals surface area (Å²) in [7, 11) is 0. The molecule has 13 heavy (non-hydrogen) atoms. The van der Waals surface area contributed by atoms with Gasteiger partial charge in [-0.25, -0.2) is 4.79 Å². The van der Waals surface area contributed by atoms with Gasteiger partial charge in [0.05, 0.1) is 6.42 Å². The van der Waals surface area contributed by atoms with Crippen LogP contribution in [0.15, 0.2) is 17.5 Å². The molecule has 0 fully saturated rings. The Kier molecular flexibility index (Phi) is 3.45. The molecule has 0 aliphatic carbocycles. The number of aliphatic carboxylic acids is 1. The molecule has 1 rings (SSSR count). The number of carboxylic acid groups (broad SMARTS) is 1. The summed E-state index contributed by atoms with van der Waals surface area (Å²) in [6.07, 6.45) is -0.156. The Hall–Kier alpha value is -1.36. The van der Waals surface area contributed by atoms with Crippen LogP contribution in [0.25, 0.3) is 0 Å². The highest BCUT2D eigenvalue weighted by Gasteiger charge is 2.07. The van der Waals surface area contributed by atoms with Crippen LogP contribution in [0.3, 0.4) is 0 Å². The Bertz CT molecular complexity index is 291. The van der Waals surface area contributed by atoms with E-state index in [-0.39, 0.29) is 13.0 Å². The van der Waals surface area contributed by atoms with E-state index in [1.807, 2.05) is 0 Å². The number of hydrogen-bond donors (Lipinski definition) is 1. The lowest BCUT2D eigenvalue weighted by Crippen LogP contribution is -2.08. The van der Waals surface area contributed by atoms with Crippen molar-refractivity contribution in [3.05, 3.63) is 22.4 Å². The molecule has 1 aromatic heterocycles. The summed E-state index contributed by atoms with van der Waals surface area (Å²) in [5.74, 6) is -1.43. The molecule has 5 heteroatoms. The minimum Gasteiger partial charge on any atom is -0.481 e. The minimum absolute atomic E-state index is 0.0773. The summed E-state index contributed by atoms with van der Waals surface area (Å²) in [5.41, 5.74) is 0. The third-order valence-electron chi connectivity index (χ3n) is 1.27. The van der Waals surface area contributed by atoms with Crippen LogP contribution in [0.2, 0.25) is 0 Å². The molecule has 0 aliphatic heterocycles. The molecule has 0 unspecified atom stereocenters. The van der Waals surface area contributed by atoms with Crippen LogP contribution in [0, 0.1) is 0 Å². The van der Waals surface area contributed by atoms with Gasteiger partial charge in [-0.05, 0) is 11.4 Å². The Morgan fingerprint density at radius 3 is 2.85 bits per heavy atom. The molecule has 70 valence electrons. The zero-order valence-electron chi connectivity index (χ0n) is 6.73. The van der Waals surface area contributed by atoms with Gasteiger partial charge in [-0.3, -0.25) is 4.79 Å². The van der Waals surface area contributed by atoms with E-state index in [4.69, 9.17) is 5.11 Å². The van der Waals surface area contributed by atoms with Crippen molar-refractivity contribution in [1.82, 2.24) is 0 Å². The Labute approximate surface area is 78.8 Å². The number of ether oxygens (including phenoxy) is 1. The van der Waals surface area contributed by atoms with E-state index in [1.54, 1.807) is 17.5 Å². The van der Waals surface area contributed by atoms with Gasteiger partial charge < -0.3 is 9.84 Å². The van der Waals surface area contributed by atoms with Gasteiger partial charge in [-0.1, -0.05) is 6.07 Å². The van der Waals surface area contributed by atoms with Crippen molar-refractivity contribution in [1.29, 1.82) is 0 Å². The molecular weight excluding hydrogens is 192 g/mol. The second kappa shape index (κ2) is 4.61. The van der Waals surface area contributed by atoms with Crippen molar-refractivity contribution in [3.8, 4) is 0 Å². The third-order valence-corrected chi connectivity index (χ3v) is 2.12. The van der Waals surface area contributed by atoms with Crippen LogP contribution in [-0.4, -0.2) is 23.7 Å². The van der Waals surface area contributed by atoms with E-state index in [9.17, 15) is 9.59 Å². The highest BCUT2D eigenvalue weighted by atomic mass is 32.1. The van der Waals surface area contributed by atoms with Crippen molar-refractivity contribution < 1.29 is 19.4 Å². The second-order valence-electron chi connectivity index (χ2n) is 2.26. The van der Waals surface area contributed by atoms with E-state index in [0.29, 0.717) is 4.88 Å². The molecule has 0 radical (unpaired) electrons. The van der Waals surface area contributed by atoms with E-state index < -0.39 is 11.9 Å². The Morgan fingerprint density at radius 2 is 2.31 bits per heavy atom. The maximum atomic E-state index is 11.1. The van der Waals surface area contributed by atoms with Crippen molar-refractivity contribution in [2.24, 2.45) is 0 Å². The maximum Gasteiger partial charge on any atom is 0.348 e. The predicted molar refractivity (Wildman–Crippen MR) is 46.9 cm³/mol. The lowest BCUT2D eigenvalue weighted by Gasteiger charge is -1.99. The second-order valence-corrected chi connectivity index (χ2v) is 3.20. The van der Waals surface area contributed by atoms with Gasteiger partial charge in [0.15, 0.2) is 0 Å². The highest BCUT2D eigenvalue weighted by Crippen LogP contribution is 2.09. The molecule has 4 nitrogen and oxygen atoms in total. The Morgan fingerprint density at radius 1 is 1.54 bits per heavy atom. The number of hydrogen-bond acceptors (Lipinski definition) is 4. The van der Waals surface area contributed by atoms with E-state index in [2.05, 4.69) is 4.74 Å². The van der Waals surface area contributed by atoms with Crippen molar-refractivity contribution in [3.63, 3.8) is 0 Å². The molecule has 1 aromatic rings. The monoisotopic (exact) mass is 200 g/mol. The molecule has 0 atom stereocenters. The number of carbonyl (C=O) groups excluding carboxylic acids is 1. The molecule has 0 saturated carbocycles. The number of thiophene rings is 1. The molecule has 0 bridgehead atoms. The average Bonchev–Trinajstić information content (AvgIpc) is 2.55. The molecule has 1 heterocycles. The normalized spacial score (nSPS) is 9.54.